The van der Waals surface area contributed by atoms with Gasteiger partial charge in [0, 0.05) is 18.3 Å². The fraction of sp³-hybridized carbons (Fsp3) is 0.286. The van der Waals surface area contributed by atoms with Crippen LogP contribution in [0.5, 0.6) is 5.75 Å². The fourth-order valence-electron chi connectivity index (χ4n) is 2.62. The molecule has 0 radical (unpaired) electrons. The van der Waals surface area contributed by atoms with Crippen LogP contribution in [0, 0.1) is 0 Å². The molecule has 0 amide bonds. The number of anilines is 2. The Labute approximate surface area is 116 Å². The quantitative estimate of drug-likeness (QED) is 0.750. The minimum atomic E-state index is 0.245. The normalized spacial score (nSPS) is 17.6. The van der Waals surface area contributed by atoms with Crippen molar-refractivity contribution in [3.63, 3.8) is 0 Å². The average Bonchev–Trinajstić information content (AvgIpc) is 2.49. The van der Waals surface area contributed by atoms with Crippen LogP contribution in [-0.2, 0) is 6.42 Å². The van der Waals surface area contributed by atoms with Gasteiger partial charge in [-0.15, -0.1) is 0 Å². The second-order valence-electron chi connectivity index (χ2n) is 4.87. The van der Waals surface area contributed by atoms with Crippen LogP contribution in [0.2, 0.25) is 5.15 Å². The van der Waals surface area contributed by atoms with Gasteiger partial charge >= 0.3 is 0 Å². The highest BCUT2D eigenvalue weighted by molar-refractivity contribution is 6.30. The van der Waals surface area contributed by atoms with E-state index in [-0.39, 0.29) is 11.7 Å². The van der Waals surface area contributed by atoms with E-state index in [0.29, 0.717) is 5.15 Å². The lowest BCUT2D eigenvalue weighted by Gasteiger charge is -2.21. The maximum atomic E-state index is 9.68. The summed E-state index contributed by atoms with van der Waals surface area (Å²) in [6, 6.07) is 5.41. The Hall–Kier alpha value is -1.81. The number of rotatable bonds is 0. The molecule has 1 N–H and O–H groups in total. The van der Waals surface area contributed by atoms with E-state index in [4.69, 9.17) is 11.6 Å². The molecule has 2 heterocycles. The van der Waals surface area contributed by atoms with E-state index in [1.165, 1.54) is 6.33 Å². The molecule has 0 aliphatic carbocycles. The van der Waals surface area contributed by atoms with Crippen molar-refractivity contribution in [3.05, 3.63) is 40.8 Å². The highest BCUT2D eigenvalue weighted by atomic mass is 35.5. The Morgan fingerprint density at radius 2 is 2.16 bits per heavy atom. The summed E-state index contributed by atoms with van der Waals surface area (Å²) in [5.41, 5.74) is 3.09. The van der Waals surface area contributed by atoms with Crippen molar-refractivity contribution in [1.82, 2.24) is 9.97 Å². The molecule has 0 bridgehead atoms. The molecule has 2 aromatic rings. The van der Waals surface area contributed by atoms with Gasteiger partial charge < -0.3 is 10.0 Å². The molecule has 5 heteroatoms. The summed E-state index contributed by atoms with van der Waals surface area (Å²) in [6.07, 6.45) is 2.24. The van der Waals surface area contributed by atoms with Crippen molar-refractivity contribution in [2.75, 3.05) is 11.9 Å². The molecule has 98 valence electrons. The van der Waals surface area contributed by atoms with Crippen molar-refractivity contribution < 1.29 is 5.11 Å². The van der Waals surface area contributed by atoms with E-state index >= 15 is 0 Å². The molecule has 3 rings (SSSR count). The molecule has 1 aromatic heterocycles. The number of hydrogen-bond donors (Lipinski definition) is 1. The molecular formula is C14H14ClN3O. The highest BCUT2D eigenvalue weighted by Crippen LogP contribution is 2.41. The van der Waals surface area contributed by atoms with Crippen LogP contribution < -0.4 is 4.90 Å². The van der Waals surface area contributed by atoms with Crippen LogP contribution >= 0.6 is 11.6 Å². The second kappa shape index (κ2) is 4.38. The maximum absolute atomic E-state index is 9.68. The zero-order valence-corrected chi connectivity index (χ0v) is 11.5. The first-order chi connectivity index (χ1) is 9.08. The van der Waals surface area contributed by atoms with Gasteiger partial charge in [0.05, 0.1) is 0 Å². The summed E-state index contributed by atoms with van der Waals surface area (Å²) in [4.78, 5) is 10.4. The largest absolute Gasteiger partial charge is 0.508 e. The third-order valence-corrected chi connectivity index (χ3v) is 3.93. The number of fused-ring (bicyclic) bond motifs is 2. The Morgan fingerprint density at radius 1 is 1.37 bits per heavy atom. The van der Waals surface area contributed by atoms with Gasteiger partial charge in [0.2, 0.25) is 0 Å². The monoisotopic (exact) mass is 275 g/mol. The number of hydrogen-bond acceptors (Lipinski definition) is 4. The molecule has 1 aliphatic rings. The highest BCUT2D eigenvalue weighted by Gasteiger charge is 2.25. The van der Waals surface area contributed by atoms with E-state index < -0.39 is 0 Å². The summed E-state index contributed by atoms with van der Waals surface area (Å²) in [7, 11) is 1.95. The molecular weight excluding hydrogens is 262 g/mol. The second-order valence-corrected chi connectivity index (χ2v) is 5.23. The molecule has 1 aliphatic heterocycles. The van der Waals surface area contributed by atoms with Crippen LogP contribution in [0.4, 0.5) is 11.5 Å². The predicted molar refractivity (Wildman–Crippen MR) is 75.3 cm³/mol. The summed E-state index contributed by atoms with van der Waals surface area (Å²) in [6.45, 7) is 2.12. The van der Waals surface area contributed by atoms with E-state index in [1.807, 2.05) is 24.1 Å². The smallest absolute Gasteiger partial charge is 0.140 e. The van der Waals surface area contributed by atoms with E-state index in [0.717, 1.165) is 29.1 Å². The molecule has 0 saturated carbocycles. The summed E-state index contributed by atoms with van der Waals surface area (Å²) < 4.78 is 0. The lowest BCUT2D eigenvalue weighted by Crippen LogP contribution is -2.13. The van der Waals surface area contributed by atoms with Gasteiger partial charge in [-0.1, -0.05) is 18.5 Å². The van der Waals surface area contributed by atoms with Gasteiger partial charge in [-0.05, 0) is 36.1 Å². The summed E-state index contributed by atoms with van der Waals surface area (Å²) >= 11 is 6.19. The van der Waals surface area contributed by atoms with Gasteiger partial charge in [0.25, 0.3) is 0 Å². The summed E-state index contributed by atoms with van der Waals surface area (Å²) in [5, 5.41) is 10.2. The van der Waals surface area contributed by atoms with Gasteiger partial charge in [-0.2, -0.15) is 0 Å². The van der Waals surface area contributed by atoms with Gasteiger partial charge in [0.1, 0.15) is 23.0 Å². The van der Waals surface area contributed by atoms with Crippen LogP contribution in [0.15, 0.2) is 24.5 Å². The van der Waals surface area contributed by atoms with Crippen molar-refractivity contribution in [1.29, 1.82) is 0 Å². The van der Waals surface area contributed by atoms with Gasteiger partial charge in [-0.25, -0.2) is 9.97 Å². The lowest BCUT2D eigenvalue weighted by atomic mass is 9.94. The minimum Gasteiger partial charge on any atom is -0.508 e. The molecule has 1 atom stereocenters. The zero-order valence-electron chi connectivity index (χ0n) is 10.8. The number of halogens is 1. The van der Waals surface area contributed by atoms with Crippen molar-refractivity contribution in [3.8, 4) is 5.75 Å². The first kappa shape index (κ1) is 12.2. The van der Waals surface area contributed by atoms with E-state index in [1.54, 1.807) is 6.07 Å². The number of aromatic nitrogens is 2. The van der Waals surface area contributed by atoms with E-state index in [2.05, 4.69) is 16.9 Å². The molecule has 19 heavy (non-hydrogen) atoms. The first-order valence-corrected chi connectivity index (χ1v) is 6.51. The zero-order chi connectivity index (χ0) is 13.6. The molecule has 1 aromatic carbocycles. The Bertz CT molecular complexity index is 645. The van der Waals surface area contributed by atoms with Gasteiger partial charge in [0.15, 0.2) is 0 Å². The third kappa shape index (κ3) is 1.92. The average molecular weight is 276 g/mol. The Balaban J connectivity index is 2.24. The maximum Gasteiger partial charge on any atom is 0.140 e. The standard InChI is InChI=1S/C14H14ClN3O/c1-8-5-11-13(15)16-7-17-14(11)18(2)12-4-3-9(19)6-10(8)12/h3-4,6-8,19H,5H2,1-2H3. The fourth-order valence-corrected chi connectivity index (χ4v) is 2.82. The number of benzene rings is 1. The van der Waals surface area contributed by atoms with Crippen LogP contribution in [0.3, 0.4) is 0 Å². The summed E-state index contributed by atoms with van der Waals surface area (Å²) in [5.74, 6) is 1.35. The molecule has 0 fully saturated rings. The molecule has 1 unspecified atom stereocenters. The molecule has 0 spiro atoms. The van der Waals surface area contributed by atoms with Crippen LogP contribution in [0.1, 0.15) is 24.0 Å². The van der Waals surface area contributed by atoms with Crippen LogP contribution in [0.25, 0.3) is 0 Å². The van der Waals surface area contributed by atoms with Crippen molar-refractivity contribution in [2.24, 2.45) is 0 Å². The number of aromatic hydroxyl groups is 1. The number of phenols is 1. The molecule has 0 saturated heterocycles. The number of phenolic OH excluding ortho intramolecular Hbond substituents is 1. The minimum absolute atomic E-state index is 0.245. The SMILES string of the molecule is CC1Cc2c(Cl)ncnc2N(C)c2ccc(O)cc21. The Morgan fingerprint density at radius 3 is 2.95 bits per heavy atom. The van der Waals surface area contributed by atoms with Gasteiger partial charge in [-0.3, -0.25) is 0 Å². The topological polar surface area (TPSA) is 49.2 Å². The van der Waals surface area contributed by atoms with Crippen LogP contribution in [-0.4, -0.2) is 22.1 Å². The van der Waals surface area contributed by atoms with E-state index in [9.17, 15) is 5.11 Å². The Kier molecular flexibility index (Phi) is 2.82. The van der Waals surface area contributed by atoms with Crippen molar-refractivity contribution >= 4 is 23.1 Å². The lowest BCUT2D eigenvalue weighted by molar-refractivity contribution is 0.474. The number of nitrogens with zero attached hydrogens (tertiary/aromatic N) is 3. The predicted octanol–water partition coefficient (Wildman–Crippen LogP) is 3.26. The third-order valence-electron chi connectivity index (χ3n) is 3.60. The molecule has 4 nitrogen and oxygen atoms in total. The first-order valence-electron chi connectivity index (χ1n) is 6.14. The van der Waals surface area contributed by atoms with Crippen molar-refractivity contribution in [2.45, 2.75) is 19.3 Å².